The Labute approximate surface area is 194 Å². The fourth-order valence-electron chi connectivity index (χ4n) is 5.09. The number of aromatic nitrogens is 3. The summed E-state index contributed by atoms with van der Waals surface area (Å²) in [6.07, 6.45) is 11.7. The van der Waals surface area contributed by atoms with Crippen LogP contribution >= 0.6 is 0 Å². The number of aromatic amines is 1. The van der Waals surface area contributed by atoms with E-state index in [-0.39, 0.29) is 0 Å². The largest absolute Gasteiger partial charge is 0.355 e. The molecule has 33 heavy (non-hydrogen) atoms. The van der Waals surface area contributed by atoms with Crippen LogP contribution in [0.5, 0.6) is 0 Å². The molecule has 170 valence electrons. The number of nitrogens with one attached hydrogen (secondary N) is 3. The number of hydrogen-bond donors (Lipinski definition) is 3. The van der Waals surface area contributed by atoms with Crippen LogP contribution in [0.1, 0.15) is 56.4 Å². The maximum atomic E-state index is 7.24. The van der Waals surface area contributed by atoms with E-state index in [1.54, 1.807) is 6.33 Å². The molecule has 2 fully saturated rings. The molecule has 3 aromatic rings. The second-order valence-corrected chi connectivity index (χ2v) is 8.97. The van der Waals surface area contributed by atoms with Crippen molar-refractivity contribution in [2.24, 2.45) is 4.99 Å². The summed E-state index contributed by atoms with van der Waals surface area (Å²) in [5.41, 5.74) is 5.86. The topological polar surface area (TPSA) is 85.6 Å². The number of H-pyrrole nitrogens is 1. The van der Waals surface area contributed by atoms with Gasteiger partial charge in [-0.2, -0.15) is 11.5 Å². The van der Waals surface area contributed by atoms with Gasteiger partial charge >= 0.3 is 0 Å². The molecule has 1 saturated heterocycles. The van der Waals surface area contributed by atoms with Gasteiger partial charge in [0.2, 0.25) is 0 Å². The average molecular weight is 443 g/mol. The molecule has 1 aliphatic carbocycles. The van der Waals surface area contributed by atoms with Gasteiger partial charge in [-0.25, -0.2) is 15.0 Å². The van der Waals surface area contributed by atoms with Crippen LogP contribution in [0.3, 0.4) is 0 Å². The molecule has 8 nitrogen and oxygen atoms in total. The van der Waals surface area contributed by atoms with Crippen LogP contribution in [0.4, 0.5) is 11.5 Å². The molecule has 1 unspecified atom stereocenters. The van der Waals surface area contributed by atoms with Crippen molar-refractivity contribution < 1.29 is 0 Å². The minimum atomic E-state index is 0.295. The molecular formula is C25H30N8. The van der Waals surface area contributed by atoms with Gasteiger partial charge in [-0.3, -0.25) is 0 Å². The molecule has 3 heterocycles. The summed E-state index contributed by atoms with van der Waals surface area (Å²) in [7, 11) is 0. The Kier molecular flexibility index (Phi) is 6.38. The fraction of sp³-hybridized carbons (Fsp3) is 0.440. The Balaban J connectivity index is 1.32. The minimum Gasteiger partial charge on any atom is -0.355 e. The first-order valence-corrected chi connectivity index (χ1v) is 11.9. The number of anilines is 2. The monoisotopic (exact) mass is 442 g/mol. The molecule has 5 rings (SSSR count). The Hall–Kier alpha value is -3.60. The predicted molar refractivity (Wildman–Crippen MR) is 132 cm³/mol. The molecule has 2 aromatic heterocycles. The molecule has 1 aliphatic heterocycles. The lowest BCUT2D eigenvalue weighted by atomic mass is 9.90. The molecule has 1 atom stereocenters. The highest BCUT2D eigenvalue weighted by Gasteiger charge is 2.24. The molecule has 1 saturated carbocycles. The number of guanidine groups is 1. The molecule has 2 aliphatic rings. The second-order valence-electron chi connectivity index (χ2n) is 8.97. The van der Waals surface area contributed by atoms with E-state index in [4.69, 9.17) is 11.6 Å². The number of benzene rings is 1. The molecule has 0 spiro atoms. The molecule has 0 bridgehead atoms. The van der Waals surface area contributed by atoms with Gasteiger partial charge in [0.15, 0.2) is 0 Å². The normalized spacial score (nSPS) is 19.9. The minimum absolute atomic E-state index is 0.295. The number of hydrogen-bond acceptors (Lipinski definition) is 4. The van der Waals surface area contributed by atoms with E-state index in [1.807, 2.05) is 12.3 Å². The zero-order valence-electron chi connectivity index (χ0n) is 18.8. The first-order chi connectivity index (χ1) is 16.3. The third-order valence-corrected chi connectivity index (χ3v) is 6.72. The van der Waals surface area contributed by atoms with Crippen molar-refractivity contribution in [2.75, 3.05) is 23.3 Å². The Morgan fingerprint density at radius 3 is 2.91 bits per heavy atom. The van der Waals surface area contributed by atoms with E-state index in [2.05, 4.69) is 59.8 Å². The lowest BCUT2D eigenvalue weighted by Gasteiger charge is -2.34. The highest BCUT2D eigenvalue weighted by Crippen LogP contribution is 2.32. The molecular weight excluding hydrogens is 412 g/mol. The smallest absolute Gasteiger partial charge is 0.267 e. The van der Waals surface area contributed by atoms with Crippen LogP contribution in [0.2, 0.25) is 0 Å². The van der Waals surface area contributed by atoms with Crippen LogP contribution in [-0.2, 0) is 0 Å². The average Bonchev–Trinajstić information content (AvgIpc) is 3.34. The van der Waals surface area contributed by atoms with Gasteiger partial charge in [0.05, 0.1) is 11.4 Å². The number of rotatable bonds is 4. The third kappa shape index (κ3) is 4.92. The number of piperidine rings is 1. The van der Waals surface area contributed by atoms with Crippen LogP contribution < -0.4 is 15.6 Å². The van der Waals surface area contributed by atoms with E-state index in [0.717, 1.165) is 61.3 Å². The van der Waals surface area contributed by atoms with Gasteiger partial charge < -0.3 is 15.2 Å². The molecule has 0 amide bonds. The van der Waals surface area contributed by atoms with Crippen molar-refractivity contribution in [1.29, 1.82) is 0 Å². The summed E-state index contributed by atoms with van der Waals surface area (Å²) in [6.45, 7) is 9.16. The first-order valence-electron chi connectivity index (χ1n) is 11.9. The van der Waals surface area contributed by atoms with Crippen molar-refractivity contribution in [3.63, 3.8) is 0 Å². The van der Waals surface area contributed by atoms with E-state index < -0.39 is 0 Å². The summed E-state index contributed by atoms with van der Waals surface area (Å²) < 4.78 is 0. The van der Waals surface area contributed by atoms with Crippen molar-refractivity contribution in [2.45, 2.75) is 56.9 Å². The Morgan fingerprint density at radius 2 is 2.03 bits per heavy atom. The van der Waals surface area contributed by atoms with Gasteiger partial charge in [0, 0.05) is 30.9 Å². The Bertz CT molecular complexity index is 1150. The number of nitrogens with zero attached hydrogens (tertiary/aromatic N) is 5. The number of fused-ring (bicyclic) bond motifs is 1. The molecule has 3 N–H and O–H groups in total. The molecule has 8 heteroatoms. The summed E-state index contributed by atoms with van der Waals surface area (Å²) in [5, 5.41) is 4.43. The second kappa shape index (κ2) is 9.90. The van der Waals surface area contributed by atoms with E-state index in [0.29, 0.717) is 17.9 Å². The van der Waals surface area contributed by atoms with Crippen LogP contribution in [0.25, 0.3) is 16.0 Å². The fourth-order valence-corrected chi connectivity index (χ4v) is 5.09. The lowest BCUT2D eigenvalue weighted by molar-refractivity contribution is 0.443. The van der Waals surface area contributed by atoms with Crippen LogP contribution in [0, 0.1) is 6.57 Å². The highest BCUT2D eigenvalue weighted by atomic mass is 15.4. The van der Waals surface area contributed by atoms with E-state index in [9.17, 15) is 0 Å². The third-order valence-electron chi connectivity index (χ3n) is 6.72. The van der Waals surface area contributed by atoms with Crippen molar-refractivity contribution >= 4 is 28.5 Å². The van der Waals surface area contributed by atoms with E-state index in [1.165, 1.54) is 24.8 Å². The van der Waals surface area contributed by atoms with Crippen molar-refractivity contribution in [3.8, 4) is 0 Å². The SMILES string of the molecule is [C-]#[N+]NC(=NC1CCCCC1)Nc1cccc(C2CCCN(c3ncnc4[nH]ccc34)C2)c1. The number of aliphatic imine (C=N–C) groups is 1. The van der Waals surface area contributed by atoms with Gasteiger partial charge in [0.25, 0.3) is 5.96 Å². The predicted octanol–water partition coefficient (Wildman–Crippen LogP) is 4.87. The summed E-state index contributed by atoms with van der Waals surface area (Å²) >= 11 is 0. The summed E-state index contributed by atoms with van der Waals surface area (Å²) in [4.78, 5) is 22.6. The Morgan fingerprint density at radius 1 is 1.12 bits per heavy atom. The zero-order chi connectivity index (χ0) is 22.5. The van der Waals surface area contributed by atoms with Crippen LogP contribution in [-0.4, -0.2) is 40.0 Å². The summed E-state index contributed by atoms with van der Waals surface area (Å²) in [5.74, 6) is 1.97. The van der Waals surface area contributed by atoms with Gasteiger partial charge in [-0.1, -0.05) is 36.8 Å². The molecule has 1 aromatic carbocycles. The maximum absolute atomic E-state index is 7.24. The van der Waals surface area contributed by atoms with Gasteiger partial charge in [-0.05, 0) is 49.4 Å². The first kappa shape index (κ1) is 21.3. The quantitative estimate of drug-likeness (QED) is 0.232. The van der Waals surface area contributed by atoms with Crippen molar-refractivity contribution in [1.82, 2.24) is 20.4 Å². The van der Waals surface area contributed by atoms with Gasteiger partial charge in [0.1, 0.15) is 17.8 Å². The summed E-state index contributed by atoms with van der Waals surface area (Å²) in [6, 6.07) is 10.9. The van der Waals surface area contributed by atoms with Gasteiger partial charge in [-0.15, -0.1) is 0 Å². The lowest BCUT2D eigenvalue weighted by Crippen LogP contribution is -2.35. The molecule has 0 radical (unpaired) electrons. The van der Waals surface area contributed by atoms with Crippen LogP contribution in [0.15, 0.2) is 47.8 Å². The maximum Gasteiger partial charge on any atom is 0.267 e. The zero-order valence-corrected chi connectivity index (χ0v) is 18.8. The van der Waals surface area contributed by atoms with E-state index >= 15 is 0 Å². The van der Waals surface area contributed by atoms with Crippen molar-refractivity contribution in [3.05, 3.63) is 59.9 Å². The standard InChI is InChI=1S/C25H30N8/c1-26-32-25(30-20-9-3-2-4-10-20)31-21-11-5-7-18(15-21)19-8-6-14-33(16-19)24-22-12-13-27-23(22)28-17-29-24/h5,7,11-13,15,17,19-20H,2-4,6,8-10,14,16H2,(H,27,28,29)(H2,30,31,32). The highest BCUT2D eigenvalue weighted by molar-refractivity contribution is 5.94.